The molecular formula is C16H20ClN3O2S. The molecule has 23 heavy (non-hydrogen) atoms. The van der Waals surface area contributed by atoms with Gasteiger partial charge in [0.25, 0.3) is 0 Å². The maximum absolute atomic E-state index is 13.1. The molecule has 1 aromatic carbocycles. The zero-order valence-electron chi connectivity index (χ0n) is 12.7. The van der Waals surface area contributed by atoms with Crippen molar-refractivity contribution in [2.45, 2.75) is 36.2 Å². The van der Waals surface area contributed by atoms with Gasteiger partial charge < -0.3 is 5.32 Å². The molecule has 1 aromatic heterocycles. The van der Waals surface area contributed by atoms with E-state index in [2.05, 4.69) is 10.3 Å². The van der Waals surface area contributed by atoms with Gasteiger partial charge in [-0.05, 0) is 31.4 Å². The van der Waals surface area contributed by atoms with Crippen LogP contribution in [-0.2, 0) is 10.0 Å². The highest BCUT2D eigenvalue weighted by molar-refractivity contribution is 7.89. The van der Waals surface area contributed by atoms with Gasteiger partial charge in [0.2, 0.25) is 10.0 Å². The summed E-state index contributed by atoms with van der Waals surface area (Å²) in [5.41, 5.74) is 0. The Morgan fingerprint density at radius 1 is 1.13 bits per heavy atom. The van der Waals surface area contributed by atoms with Crippen LogP contribution in [0.4, 0.5) is 0 Å². The number of rotatable bonds is 2. The Morgan fingerprint density at radius 2 is 1.96 bits per heavy atom. The number of benzene rings is 1. The van der Waals surface area contributed by atoms with E-state index in [1.165, 1.54) is 6.42 Å². The molecule has 2 bridgehead atoms. The first kappa shape index (κ1) is 16.6. The average molecular weight is 354 g/mol. The number of nitrogens with one attached hydrogen (secondary N) is 1. The molecule has 2 aliphatic rings. The molecule has 4 rings (SSSR count). The maximum atomic E-state index is 13.1. The standard InChI is InChI=1S/C16H19N3O2S.ClH/c20-22(21,19-9-7-13-4-5-14(11-19)18-13)16-3-1-2-12-10-17-8-6-15(12)16;/h1-3,6,8,10,13-14,18H,4-5,7,9,11H2;1H. The van der Waals surface area contributed by atoms with E-state index >= 15 is 0 Å². The van der Waals surface area contributed by atoms with Gasteiger partial charge in [-0.2, -0.15) is 4.31 Å². The van der Waals surface area contributed by atoms with E-state index in [0.29, 0.717) is 30.1 Å². The number of sulfonamides is 1. The van der Waals surface area contributed by atoms with Crippen molar-refractivity contribution in [1.82, 2.24) is 14.6 Å². The molecule has 2 unspecified atom stereocenters. The third kappa shape index (κ3) is 2.96. The molecule has 2 aliphatic heterocycles. The van der Waals surface area contributed by atoms with Gasteiger partial charge in [-0.25, -0.2) is 8.42 Å². The Balaban J connectivity index is 0.00000156. The Hall–Kier alpha value is -1.21. The molecule has 124 valence electrons. The lowest BCUT2D eigenvalue weighted by Crippen LogP contribution is -2.39. The molecule has 2 aromatic rings. The molecule has 2 saturated heterocycles. The third-order valence-electron chi connectivity index (χ3n) is 4.74. The fourth-order valence-electron chi connectivity index (χ4n) is 3.59. The number of hydrogen-bond donors (Lipinski definition) is 1. The van der Waals surface area contributed by atoms with Crippen molar-refractivity contribution in [3.63, 3.8) is 0 Å². The van der Waals surface area contributed by atoms with Gasteiger partial charge in [0.15, 0.2) is 0 Å². The van der Waals surface area contributed by atoms with Crippen molar-refractivity contribution >= 4 is 33.2 Å². The molecule has 0 radical (unpaired) electrons. The van der Waals surface area contributed by atoms with Crippen LogP contribution in [0.1, 0.15) is 19.3 Å². The van der Waals surface area contributed by atoms with E-state index < -0.39 is 10.0 Å². The Bertz CT molecular complexity index is 807. The fourth-order valence-corrected chi connectivity index (χ4v) is 5.30. The minimum atomic E-state index is -3.47. The molecule has 7 heteroatoms. The minimum Gasteiger partial charge on any atom is -0.310 e. The lowest BCUT2D eigenvalue weighted by Gasteiger charge is -2.24. The van der Waals surface area contributed by atoms with Gasteiger partial charge in [0.05, 0.1) is 4.90 Å². The molecule has 0 amide bonds. The molecular weight excluding hydrogens is 334 g/mol. The largest absolute Gasteiger partial charge is 0.310 e. The summed E-state index contributed by atoms with van der Waals surface area (Å²) in [6, 6.07) is 7.94. The highest BCUT2D eigenvalue weighted by Gasteiger charge is 2.35. The SMILES string of the molecule is Cl.O=S(=O)(c1cccc2cnccc12)N1CCC2CCC(C1)N2. The number of aromatic nitrogens is 1. The van der Waals surface area contributed by atoms with Crippen LogP contribution in [0, 0.1) is 0 Å². The van der Waals surface area contributed by atoms with Crippen molar-refractivity contribution in [3.8, 4) is 0 Å². The highest BCUT2D eigenvalue weighted by Crippen LogP contribution is 2.28. The highest BCUT2D eigenvalue weighted by atomic mass is 35.5. The quantitative estimate of drug-likeness (QED) is 0.898. The number of hydrogen-bond acceptors (Lipinski definition) is 4. The fraction of sp³-hybridized carbons (Fsp3) is 0.438. The normalized spacial score (nSPS) is 25.0. The summed E-state index contributed by atoms with van der Waals surface area (Å²) >= 11 is 0. The van der Waals surface area contributed by atoms with Crippen molar-refractivity contribution < 1.29 is 8.42 Å². The molecule has 1 N–H and O–H groups in total. The van der Waals surface area contributed by atoms with Crippen molar-refractivity contribution in [1.29, 1.82) is 0 Å². The Labute approximate surface area is 142 Å². The average Bonchev–Trinajstić information content (AvgIpc) is 2.85. The van der Waals surface area contributed by atoms with Crippen molar-refractivity contribution in [2.24, 2.45) is 0 Å². The second kappa shape index (κ2) is 6.36. The van der Waals surface area contributed by atoms with Gasteiger partial charge >= 0.3 is 0 Å². The molecule has 0 saturated carbocycles. The first-order valence-corrected chi connectivity index (χ1v) is 9.17. The summed E-state index contributed by atoms with van der Waals surface area (Å²) in [5.74, 6) is 0. The van der Waals surface area contributed by atoms with E-state index in [0.717, 1.165) is 23.6 Å². The van der Waals surface area contributed by atoms with E-state index in [1.807, 2.05) is 6.07 Å². The van der Waals surface area contributed by atoms with Crippen LogP contribution in [0.3, 0.4) is 0 Å². The van der Waals surface area contributed by atoms with E-state index in [9.17, 15) is 8.42 Å². The van der Waals surface area contributed by atoms with Crippen LogP contribution < -0.4 is 5.32 Å². The Kier molecular flexibility index (Phi) is 4.60. The monoisotopic (exact) mass is 353 g/mol. The van der Waals surface area contributed by atoms with Crippen LogP contribution in [0.2, 0.25) is 0 Å². The number of halogens is 1. The number of fused-ring (bicyclic) bond motifs is 3. The number of nitrogens with zero attached hydrogens (tertiary/aromatic N) is 2. The molecule has 2 atom stereocenters. The molecule has 0 spiro atoms. The molecule has 3 heterocycles. The summed E-state index contributed by atoms with van der Waals surface area (Å²) in [7, 11) is -3.47. The third-order valence-corrected chi connectivity index (χ3v) is 6.67. The van der Waals surface area contributed by atoms with Crippen molar-refractivity contribution in [3.05, 3.63) is 36.7 Å². The first-order chi connectivity index (χ1) is 10.6. The summed E-state index contributed by atoms with van der Waals surface area (Å²) in [5, 5.41) is 5.14. The second-order valence-corrected chi connectivity index (χ2v) is 8.05. The lowest BCUT2D eigenvalue weighted by atomic mass is 10.1. The summed E-state index contributed by atoms with van der Waals surface area (Å²) in [6.07, 6.45) is 6.48. The zero-order valence-corrected chi connectivity index (χ0v) is 14.3. The van der Waals surface area contributed by atoms with Gasteiger partial charge in [-0.15, -0.1) is 12.4 Å². The van der Waals surface area contributed by atoms with Crippen molar-refractivity contribution in [2.75, 3.05) is 13.1 Å². The van der Waals surface area contributed by atoms with Gasteiger partial charge in [0, 0.05) is 48.3 Å². The second-order valence-electron chi connectivity index (χ2n) is 6.14. The summed E-state index contributed by atoms with van der Waals surface area (Å²) in [4.78, 5) is 4.47. The topological polar surface area (TPSA) is 62.3 Å². The zero-order chi connectivity index (χ0) is 15.2. The summed E-state index contributed by atoms with van der Waals surface area (Å²) in [6.45, 7) is 1.16. The van der Waals surface area contributed by atoms with E-state index in [4.69, 9.17) is 0 Å². The van der Waals surface area contributed by atoms with Crippen LogP contribution in [0.25, 0.3) is 10.8 Å². The molecule has 5 nitrogen and oxygen atoms in total. The van der Waals surface area contributed by atoms with Gasteiger partial charge in [-0.1, -0.05) is 12.1 Å². The first-order valence-electron chi connectivity index (χ1n) is 7.73. The minimum absolute atomic E-state index is 0. The molecule has 0 aliphatic carbocycles. The van der Waals surface area contributed by atoms with Crippen LogP contribution >= 0.6 is 12.4 Å². The van der Waals surface area contributed by atoms with E-state index in [-0.39, 0.29) is 12.4 Å². The lowest BCUT2D eigenvalue weighted by molar-refractivity contribution is 0.384. The smallest absolute Gasteiger partial charge is 0.243 e. The van der Waals surface area contributed by atoms with Crippen LogP contribution in [0.5, 0.6) is 0 Å². The maximum Gasteiger partial charge on any atom is 0.243 e. The predicted molar refractivity (Wildman–Crippen MR) is 92.3 cm³/mol. The van der Waals surface area contributed by atoms with Crippen LogP contribution in [-0.4, -0.2) is 42.9 Å². The predicted octanol–water partition coefficient (Wildman–Crippen LogP) is 2.17. The Morgan fingerprint density at radius 3 is 2.83 bits per heavy atom. The van der Waals surface area contributed by atoms with Gasteiger partial charge in [0.1, 0.15) is 0 Å². The van der Waals surface area contributed by atoms with E-state index in [1.54, 1.807) is 34.9 Å². The molecule has 2 fully saturated rings. The van der Waals surface area contributed by atoms with Crippen LogP contribution in [0.15, 0.2) is 41.6 Å². The van der Waals surface area contributed by atoms with Gasteiger partial charge in [-0.3, -0.25) is 4.98 Å². The summed E-state index contributed by atoms with van der Waals surface area (Å²) < 4.78 is 27.9. The number of pyridine rings is 1.